The lowest BCUT2D eigenvalue weighted by molar-refractivity contribution is 0.0951. The molecule has 0 saturated heterocycles. The minimum Gasteiger partial charge on any atom is -0.348 e. The van der Waals surface area contributed by atoms with Crippen LogP contribution in [-0.4, -0.2) is 25.2 Å². The molecule has 0 spiro atoms. The number of carbonyl (C=O) groups is 1. The van der Waals surface area contributed by atoms with Crippen molar-refractivity contribution >= 4 is 5.91 Å². The van der Waals surface area contributed by atoms with E-state index in [1.807, 2.05) is 71.8 Å². The summed E-state index contributed by atoms with van der Waals surface area (Å²) in [7, 11) is 0. The van der Waals surface area contributed by atoms with Crippen LogP contribution in [0.25, 0.3) is 5.69 Å². The molecular weight excluding hydrogens is 362 g/mol. The normalized spacial score (nSPS) is 10.8. The minimum atomic E-state index is -0.0904. The predicted molar refractivity (Wildman–Crippen MR) is 112 cm³/mol. The number of hydrogen-bond acceptors (Lipinski definition) is 3. The van der Waals surface area contributed by atoms with E-state index in [2.05, 4.69) is 27.5 Å². The van der Waals surface area contributed by atoms with E-state index in [-0.39, 0.29) is 5.91 Å². The van der Waals surface area contributed by atoms with Crippen LogP contribution < -0.4 is 5.32 Å². The molecule has 0 aliphatic carbocycles. The minimum absolute atomic E-state index is 0.0904. The Morgan fingerprint density at radius 1 is 1.00 bits per heavy atom. The molecule has 0 atom stereocenters. The molecule has 2 aromatic carbocycles. The molecule has 0 unspecified atom stereocenters. The first-order chi connectivity index (χ1) is 14.1. The van der Waals surface area contributed by atoms with E-state index in [1.165, 1.54) is 5.56 Å². The first kappa shape index (κ1) is 18.7. The second-order valence-corrected chi connectivity index (χ2v) is 7.12. The highest BCUT2D eigenvalue weighted by Crippen LogP contribution is 2.13. The first-order valence-corrected chi connectivity index (χ1v) is 9.54. The average molecular weight is 385 g/mol. The Labute approximate surface area is 169 Å². The Balaban J connectivity index is 1.35. The van der Waals surface area contributed by atoms with Gasteiger partial charge < -0.3 is 9.88 Å². The van der Waals surface area contributed by atoms with Gasteiger partial charge in [0, 0.05) is 36.7 Å². The fourth-order valence-electron chi connectivity index (χ4n) is 3.28. The highest BCUT2D eigenvalue weighted by atomic mass is 16.1. The highest BCUT2D eigenvalue weighted by molar-refractivity contribution is 5.94. The lowest BCUT2D eigenvalue weighted by Crippen LogP contribution is -2.22. The van der Waals surface area contributed by atoms with Gasteiger partial charge in [-0.3, -0.25) is 4.79 Å². The Bertz CT molecular complexity index is 1090. The summed E-state index contributed by atoms with van der Waals surface area (Å²) < 4.78 is 3.90. The summed E-state index contributed by atoms with van der Waals surface area (Å²) in [6, 6.07) is 17.7. The molecule has 2 heterocycles. The van der Waals surface area contributed by atoms with Crippen LogP contribution in [0.5, 0.6) is 0 Å². The van der Waals surface area contributed by atoms with Gasteiger partial charge in [-0.25, -0.2) is 9.67 Å². The van der Waals surface area contributed by atoms with E-state index < -0.39 is 0 Å². The number of nitrogens with one attached hydrogen (secondary N) is 1. The smallest absolute Gasteiger partial charge is 0.251 e. The van der Waals surface area contributed by atoms with Gasteiger partial charge >= 0.3 is 0 Å². The van der Waals surface area contributed by atoms with Gasteiger partial charge in [0.2, 0.25) is 0 Å². The van der Waals surface area contributed by atoms with E-state index in [1.54, 1.807) is 12.5 Å². The second-order valence-electron chi connectivity index (χ2n) is 7.12. The molecule has 146 valence electrons. The number of amides is 1. The molecule has 1 amide bonds. The van der Waals surface area contributed by atoms with Crippen LogP contribution in [0.3, 0.4) is 0 Å². The van der Waals surface area contributed by atoms with E-state index in [0.29, 0.717) is 12.1 Å². The van der Waals surface area contributed by atoms with Gasteiger partial charge in [-0.2, -0.15) is 5.10 Å². The number of hydrogen-bond donors (Lipinski definition) is 1. The lowest BCUT2D eigenvalue weighted by atomic mass is 10.1. The first-order valence-electron chi connectivity index (χ1n) is 9.54. The van der Waals surface area contributed by atoms with Gasteiger partial charge in [-0.1, -0.05) is 24.3 Å². The second kappa shape index (κ2) is 8.14. The van der Waals surface area contributed by atoms with Crippen LogP contribution in [0.15, 0.2) is 73.3 Å². The van der Waals surface area contributed by atoms with E-state index in [0.717, 1.165) is 29.2 Å². The molecular formula is C23H23N5O. The maximum absolute atomic E-state index is 12.5. The SMILES string of the molecule is Cc1cc(C)n(-c2ccc(C(=O)NCc3ccc(Cn4ccnc4)cc3)cc2)n1. The zero-order chi connectivity index (χ0) is 20.2. The van der Waals surface area contributed by atoms with Crippen molar-refractivity contribution < 1.29 is 4.79 Å². The van der Waals surface area contributed by atoms with E-state index >= 15 is 0 Å². The van der Waals surface area contributed by atoms with E-state index in [9.17, 15) is 4.79 Å². The topological polar surface area (TPSA) is 64.7 Å². The molecule has 0 radical (unpaired) electrons. The van der Waals surface area contributed by atoms with E-state index in [4.69, 9.17) is 0 Å². The zero-order valence-corrected chi connectivity index (χ0v) is 16.5. The maximum Gasteiger partial charge on any atom is 0.251 e. The quantitative estimate of drug-likeness (QED) is 0.551. The van der Waals surface area contributed by atoms with Crippen LogP contribution in [0, 0.1) is 13.8 Å². The Morgan fingerprint density at radius 3 is 2.34 bits per heavy atom. The zero-order valence-electron chi connectivity index (χ0n) is 16.5. The molecule has 0 fully saturated rings. The summed E-state index contributed by atoms with van der Waals surface area (Å²) in [5, 5.41) is 7.45. The summed E-state index contributed by atoms with van der Waals surface area (Å²) in [5.41, 5.74) is 5.87. The molecule has 0 saturated carbocycles. The summed E-state index contributed by atoms with van der Waals surface area (Å²) in [6.45, 7) is 5.26. The summed E-state index contributed by atoms with van der Waals surface area (Å²) in [6.07, 6.45) is 5.51. The van der Waals surface area contributed by atoms with Crippen molar-refractivity contribution in [3.63, 3.8) is 0 Å². The standard InChI is InChI=1S/C23H23N5O/c1-17-13-18(2)28(26-17)22-9-7-21(8-10-22)23(29)25-14-19-3-5-20(6-4-19)15-27-12-11-24-16-27/h3-13,16H,14-15H2,1-2H3,(H,25,29). The molecule has 6 heteroatoms. The van der Waals surface area contributed by atoms with Crippen molar-refractivity contribution in [1.29, 1.82) is 0 Å². The Kier molecular flexibility index (Phi) is 5.24. The highest BCUT2D eigenvalue weighted by Gasteiger charge is 2.08. The van der Waals surface area contributed by atoms with Crippen molar-refractivity contribution in [3.05, 3.63) is 101 Å². The van der Waals surface area contributed by atoms with Crippen molar-refractivity contribution in [2.24, 2.45) is 0 Å². The van der Waals surface area contributed by atoms with Gasteiger partial charge in [0.1, 0.15) is 0 Å². The molecule has 1 N–H and O–H groups in total. The summed E-state index contributed by atoms with van der Waals surface area (Å²) in [5.74, 6) is -0.0904. The number of carbonyl (C=O) groups excluding carboxylic acids is 1. The molecule has 0 aliphatic heterocycles. The number of aromatic nitrogens is 4. The van der Waals surface area contributed by atoms with Crippen LogP contribution in [-0.2, 0) is 13.1 Å². The number of aryl methyl sites for hydroxylation is 2. The fourth-order valence-corrected chi connectivity index (χ4v) is 3.28. The third-order valence-electron chi connectivity index (χ3n) is 4.78. The lowest BCUT2D eigenvalue weighted by Gasteiger charge is -2.09. The van der Waals surface area contributed by atoms with Crippen LogP contribution >= 0.6 is 0 Å². The average Bonchev–Trinajstić information content (AvgIpc) is 3.36. The van der Waals surface area contributed by atoms with Crippen LogP contribution in [0.4, 0.5) is 0 Å². The van der Waals surface area contributed by atoms with Crippen molar-refractivity contribution in [2.45, 2.75) is 26.9 Å². The van der Waals surface area contributed by atoms with Crippen molar-refractivity contribution in [2.75, 3.05) is 0 Å². The molecule has 0 aliphatic rings. The monoisotopic (exact) mass is 385 g/mol. The van der Waals surface area contributed by atoms with Crippen molar-refractivity contribution in [3.8, 4) is 5.69 Å². The summed E-state index contributed by atoms with van der Waals surface area (Å²) >= 11 is 0. The molecule has 2 aromatic heterocycles. The third kappa shape index (κ3) is 4.43. The number of nitrogens with zero attached hydrogens (tertiary/aromatic N) is 4. The molecule has 4 rings (SSSR count). The van der Waals surface area contributed by atoms with Gasteiger partial charge in [0.05, 0.1) is 17.7 Å². The number of rotatable bonds is 6. The predicted octanol–water partition coefficient (Wildman–Crippen LogP) is 3.66. The Hall–Kier alpha value is -3.67. The summed E-state index contributed by atoms with van der Waals surface area (Å²) in [4.78, 5) is 16.5. The third-order valence-corrected chi connectivity index (χ3v) is 4.78. The van der Waals surface area contributed by atoms with Gasteiger partial charge in [-0.05, 0) is 55.3 Å². The molecule has 29 heavy (non-hydrogen) atoms. The van der Waals surface area contributed by atoms with Gasteiger partial charge in [0.15, 0.2) is 0 Å². The number of imidazole rings is 1. The maximum atomic E-state index is 12.5. The van der Waals surface area contributed by atoms with Crippen LogP contribution in [0.1, 0.15) is 32.9 Å². The van der Waals surface area contributed by atoms with Crippen LogP contribution in [0.2, 0.25) is 0 Å². The molecule has 6 nitrogen and oxygen atoms in total. The largest absolute Gasteiger partial charge is 0.348 e. The molecule has 0 bridgehead atoms. The molecule has 4 aromatic rings. The van der Waals surface area contributed by atoms with Crippen molar-refractivity contribution in [1.82, 2.24) is 24.6 Å². The van der Waals surface area contributed by atoms with Gasteiger partial charge in [0.25, 0.3) is 5.91 Å². The Morgan fingerprint density at radius 2 is 1.72 bits per heavy atom. The fraction of sp³-hybridized carbons (Fsp3) is 0.174. The van der Waals surface area contributed by atoms with Gasteiger partial charge in [-0.15, -0.1) is 0 Å². The number of benzene rings is 2.